The van der Waals surface area contributed by atoms with Crippen LogP contribution in [0.3, 0.4) is 0 Å². The van der Waals surface area contributed by atoms with E-state index in [9.17, 15) is 4.39 Å². The van der Waals surface area contributed by atoms with E-state index in [2.05, 4.69) is 34.1 Å². The number of anilines is 2. The zero-order valence-electron chi connectivity index (χ0n) is 19.4. The van der Waals surface area contributed by atoms with Crippen LogP contribution in [0.15, 0.2) is 72.0 Å². The zero-order valence-corrected chi connectivity index (χ0v) is 20.1. The Morgan fingerprint density at radius 3 is 2.71 bits per heavy atom. The molecule has 0 unspecified atom stereocenters. The van der Waals surface area contributed by atoms with Crippen molar-refractivity contribution in [1.82, 2.24) is 9.97 Å². The Labute approximate surface area is 207 Å². The molecule has 0 amide bonds. The lowest BCUT2D eigenvalue weighted by Gasteiger charge is -2.12. The third-order valence-electron chi connectivity index (χ3n) is 5.55. The number of benzene rings is 3. The van der Waals surface area contributed by atoms with E-state index >= 15 is 0 Å². The summed E-state index contributed by atoms with van der Waals surface area (Å²) in [5.74, 6) is 1.61. The minimum atomic E-state index is -0.301. The number of nitrogens with one attached hydrogen (secondary N) is 1. The van der Waals surface area contributed by atoms with Crippen LogP contribution in [0.25, 0.3) is 10.9 Å². The largest absolute Gasteiger partial charge is 0.487 e. The van der Waals surface area contributed by atoms with Crippen LogP contribution < -0.4 is 10.1 Å². The Balaban J connectivity index is 1.33. The highest BCUT2D eigenvalue weighted by atomic mass is 35.5. The van der Waals surface area contributed by atoms with Crippen molar-refractivity contribution >= 4 is 39.9 Å². The third-order valence-corrected chi connectivity index (χ3v) is 5.85. The molecule has 4 aromatic rings. The number of aromatic nitrogens is 2. The van der Waals surface area contributed by atoms with Gasteiger partial charge in [-0.2, -0.15) is 0 Å². The van der Waals surface area contributed by atoms with Crippen molar-refractivity contribution in [2.45, 2.75) is 32.4 Å². The number of ether oxygens (including phenoxy) is 2. The number of nitrogens with zero attached hydrogens (tertiary/aromatic N) is 3. The molecule has 1 N–H and O–H groups in total. The number of aliphatic imine (C=N–C) groups is 1. The third kappa shape index (κ3) is 5.52. The molecule has 0 fully saturated rings. The molecule has 0 atom stereocenters. The fourth-order valence-electron chi connectivity index (χ4n) is 3.86. The van der Waals surface area contributed by atoms with Gasteiger partial charge in [0.1, 0.15) is 36.9 Å². The molecule has 0 saturated heterocycles. The molecule has 0 spiro atoms. The van der Waals surface area contributed by atoms with E-state index in [-0.39, 0.29) is 18.0 Å². The molecule has 35 heavy (non-hydrogen) atoms. The zero-order chi connectivity index (χ0) is 24.4. The highest BCUT2D eigenvalue weighted by Gasteiger charge is 2.26. The second-order valence-electron chi connectivity index (χ2n) is 9.05. The summed E-state index contributed by atoms with van der Waals surface area (Å²) in [5, 5.41) is 4.64. The molecule has 0 aliphatic carbocycles. The fraction of sp³-hybridized carbons (Fsp3) is 0.222. The van der Waals surface area contributed by atoms with Gasteiger partial charge in [-0.3, -0.25) is 0 Å². The van der Waals surface area contributed by atoms with Gasteiger partial charge in [0.2, 0.25) is 0 Å². The van der Waals surface area contributed by atoms with Gasteiger partial charge in [0.25, 0.3) is 0 Å². The summed E-state index contributed by atoms with van der Waals surface area (Å²) in [5.41, 5.74) is 3.18. The molecule has 1 aliphatic rings. The van der Waals surface area contributed by atoms with Gasteiger partial charge >= 0.3 is 0 Å². The summed E-state index contributed by atoms with van der Waals surface area (Å²) in [6.07, 6.45) is 2.13. The van der Waals surface area contributed by atoms with Crippen LogP contribution in [0.1, 0.15) is 25.0 Å². The van der Waals surface area contributed by atoms with Crippen LogP contribution in [0.5, 0.6) is 5.75 Å². The van der Waals surface area contributed by atoms with E-state index in [1.807, 2.05) is 24.3 Å². The number of halogens is 2. The monoisotopic (exact) mass is 490 g/mol. The average molecular weight is 491 g/mol. The van der Waals surface area contributed by atoms with E-state index in [0.29, 0.717) is 29.6 Å². The molecular weight excluding hydrogens is 467 g/mol. The van der Waals surface area contributed by atoms with Crippen LogP contribution in [0.4, 0.5) is 15.9 Å². The van der Waals surface area contributed by atoms with Gasteiger partial charge in [-0.25, -0.2) is 19.4 Å². The van der Waals surface area contributed by atoms with Crippen molar-refractivity contribution in [2.24, 2.45) is 4.99 Å². The summed E-state index contributed by atoms with van der Waals surface area (Å²) in [6, 6.07) is 17.7. The normalized spacial score (nSPS) is 14.5. The lowest BCUT2D eigenvalue weighted by molar-refractivity contribution is 0.275. The van der Waals surface area contributed by atoms with Gasteiger partial charge in [-0.1, -0.05) is 29.8 Å². The highest BCUT2D eigenvalue weighted by molar-refractivity contribution is 6.32. The fourth-order valence-corrected chi connectivity index (χ4v) is 4.10. The number of hydrogen-bond acceptors (Lipinski definition) is 6. The lowest BCUT2D eigenvalue weighted by atomic mass is 10.1. The predicted octanol–water partition coefficient (Wildman–Crippen LogP) is 6.49. The molecule has 6 nitrogen and oxygen atoms in total. The Hall–Kier alpha value is -3.71. The van der Waals surface area contributed by atoms with Crippen molar-refractivity contribution in [3.8, 4) is 5.75 Å². The molecule has 5 rings (SSSR count). The minimum absolute atomic E-state index is 0.186. The molecule has 1 aliphatic heterocycles. The minimum Gasteiger partial charge on any atom is -0.487 e. The summed E-state index contributed by atoms with van der Waals surface area (Å²) in [6.45, 7) is 4.92. The second kappa shape index (κ2) is 9.50. The summed E-state index contributed by atoms with van der Waals surface area (Å²) < 4.78 is 24.9. The van der Waals surface area contributed by atoms with Crippen molar-refractivity contribution in [2.75, 3.05) is 11.9 Å². The average Bonchev–Trinajstić information content (AvgIpc) is 3.17. The molecule has 0 radical (unpaired) electrons. The van der Waals surface area contributed by atoms with Gasteiger partial charge in [0.15, 0.2) is 5.90 Å². The van der Waals surface area contributed by atoms with Crippen LogP contribution in [-0.2, 0) is 17.8 Å². The summed E-state index contributed by atoms with van der Waals surface area (Å²) in [7, 11) is 0. The maximum absolute atomic E-state index is 13.4. The van der Waals surface area contributed by atoms with Gasteiger partial charge in [0, 0.05) is 17.5 Å². The van der Waals surface area contributed by atoms with Gasteiger partial charge < -0.3 is 14.8 Å². The number of rotatable bonds is 7. The molecule has 0 saturated carbocycles. The highest BCUT2D eigenvalue weighted by Crippen LogP contribution is 2.31. The predicted molar refractivity (Wildman–Crippen MR) is 136 cm³/mol. The van der Waals surface area contributed by atoms with Crippen molar-refractivity contribution in [1.29, 1.82) is 0 Å². The van der Waals surface area contributed by atoms with E-state index < -0.39 is 0 Å². The second-order valence-corrected chi connectivity index (χ2v) is 9.45. The van der Waals surface area contributed by atoms with Crippen LogP contribution in [0.2, 0.25) is 5.02 Å². The lowest BCUT2D eigenvalue weighted by Crippen LogP contribution is -2.17. The SMILES string of the molecule is CC1(C)COC(Cc2ccc3ncnc(Nc4ccc(OCc5cccc(F)c5)c(Cl)c4)c3c2)=N1. The van der Waals surface area contributed by atoms with Crippen molar-refractivity contribution in [3.05, 3.63) is 89.0 Å². The maximum atomic E-state index is 13.4. The van der Waals surface area contributed by atoms with Crippen LogP contribution in [-0.4, -0.2) is 28.0 Å². The van der Waals surface area contributed by atoms with Gasteiger partial charge in [-0.05, 0) is 67.4 Å². The molecule has 2 heterocycles. The van der Waals surface area contributed by atoms with Crippen LogP contribution in [0, 0.1) is 5.82 Å². The maximum Gasteiger partial charge on any atom is 0.188 e. The molecular formula is C27H24ClFN4O2. The van der Waals surface area contributed by atoms with E-state index in [0.717, 1.165) is 33.6 Å². The molecule has 1 aromatic heterocycles. The van der Waals surface area contributed by atoms with E-state index in [1.54, 1.807) is 24.3 Å². The molecule has 8 heteroatoms. The quantitative estimate of drug-likeness (QED) is 0.320. The number of fused-ring (bicyclic) bond motifs is 1. The topological polar surface area (TPSA) is 68.6 Å². The molecule has 178 valence electrons. The first-order valence-corrected chi connectivity index (χ1v) is 11.6. The number of hydrogen-bond donors (Lipinski definition) is 1. The van der Waals surface area contributed by atoms with E-state index in [4.69, 9.17) is 21.1 Å². The van der Waals surface area contributed by atoms with Crippen LogP contribution >= 0.6 is 11.6 Å². The smallest absolute Gasteiger partial charge is 0.188 e. The first-order valence-electron chi connectivity index (χ1n) is 11.2. The Morgan fingerprint density at radius 2 is 1.94 bits per heavy atom. The van der Waals surface area contributed by atoms with Crippen molar-refractivity contribution < 1.29 is 13.9 Å². The molecule has 0 bridgehead atoms. The first kappa shape index (κ1) is 23.1. The standard InChI is InChI=1S/C27H24ClFN4O2/c1-27(2)15-35-25(33-27)12-17-6-8-23-21(11-17)26(31-16-30-23)32-20-7-9-24(22(28)13-20)34-14-18-4-3-5-19(29)10-18/h3-11,13,16H,12,14-15H2,1-2H3,(H,30,31,32). The first-order chi connectivity index (χ1) is 16.8. The Kier molecular flexibility index (Phi) is 6.26. The van der Waals surface area contributed by atoms with Gasteiger partial charge in [-0.15, -0.1) is 0 Å². The Bertz CT molecular complexity index is 1420. The Morgan fingerprint density at radius 1 is 1.06 bits per heavy atom. The van der Waals surface area contributed by atoms with Crippen molar-refractivity contribution in [3.63, 3.8) is 0 Å². The summed E-state index contributed by atoms with van der Waals surface area (Å²) in [4.78, 5) is 13.5. The van der Waals surface area contributed by atoms with E-state index in [1.165, 1.54) is 18.5 Å². The summed E-state index contributed by atoms with van der Waals surface area (Å²) >= 11 is 6.46. The molecule has 3 aromatic carbocycles. The van der Waals surface area contributed by atoms with Gasteiger partial charge in [0.05, 0.1) is 16.1 Å².